The van der Waals surface area contributed by atoms with Crippen molar-refractivity contribution in [3.8, 4) is 0 Å². The zero-order valence-corrected chi connectivity index (χ0v) is 8.18. The molecule has 1 saturated heterocycles. The Morgan fingerprint density at radius 3 is 2.83 bits per heavy atom. The van der Waals surface area contributed by atoms with E-state index in [0.717, 1.165) is 32.4 Å². The minimum absolute atomic E-state index is 0.337. The molecule has 0 bridgehead atoms. The second kappa shape index (κ2) is 4.48. The molecular formula is C10H19NO. The lowest BCUT2D eigenvalue weighted by Crippen LogP contribution is -2.40. The molecule has 1 fully saturated rings. The Morgan fingerprint density at radius 1 is 1.50 bits per heavy atom. The number of hydrogen-bond donors (Lipinski definition) is 0. The van der Waals surface area contributed by atoms with Gasteiger partial charge in [0.25, 0.3) is 0 Å². The van der Waals surface area contributed by atoms with Gasteiger partial charge in [-0.15, -0.1) is 0 Å². The van der Waals surface area contributed by atoms with Gasteiger partial charge in [-0.25, -0.2) is 0 Å². The van der Waals surface area contributed by atoms with Crippen molar-refractivity contribution in [2.45, 2.75) is 39.5 Å². The second-order valence-corrected chi connectivity index (χ2v) is 3.55. The lowest BCUT2D eigenvalue weighted by Gasteiger charge is -2.31. The van der Waals surface area contributed by atoms with Crippen LogP contribution in [0.1, 0.15) is 39.5 Å². The van der Waals surface area contributed by atoms with Crippen molar-refractivity contribution in [2.24, 2.45) is 5.92 Å². The topological polar surface area (TPSA) is 20.3 Å². The summed E-state index contributed by atoms with van der Waals surface area (Å²) in [5.74, 6) is 0.731. The Bertz CT molecular complexity index is 154. The van der Waals surface area contributed by atoms with Crippen molar-refractivity contribution in [1.29, 1.82) is 0 Å². The van der Waals surface area contributed by atoms with E-state index in [1.807, 2.05) is 4.90 Å². The molecule has 0 spiro atoms. The van der Waals surface area contributed by atoms with E-state index in [1.54, 1.807) is 0 Å². The number of likely N-dealkylation sites (tertiary alicyclic amines) is 1. The molecule has 1 aliphatic rings. The van der Waals surface area contributed by atoms with Crippen LogP contribution in [0.3, 0.4) is 0 Å². The van der Waals surface area contributed by atoms with E-state index < -0.39 is 0 Å². The molecule has 1 heterocycles. The molecule has 2 heteroatoms. The summed E-state index contributed by atoms with van der Waals surface area (Å²) < 4.78 is 0. The first kappa shape index (κ1) is 9.56. The van der Waals surface area contributed by atoms with E-state index >= 15 is 0 Å². The Kier molecular flexibility index (Phi) is 3.57. The normalized spacial score (nSPS) is 24.7. The quantitative estimate of drug-likeness (QED) is 0.633. The maximum absolute atomic E-state index is 11.7. The van der Waals surface area contributed by atoms with E-state index in [2.05, 4.69) is 13.8 Å². The summed E-state index contributed by atoms with van der Waals surface area (Å²) in [5, 5.41) is 0. The van der Waals surface area contributed by atoms with Gasteiger partial charge in [0.2, 0.25) is 5.91 Å². The van der Waals surface area contributed by atoms with Crippen molar-refractivity contribution in [3.05, 3.63) is 0 Å². The van der Waals surface area contributed by atoms with Gasteiger partial charge in [-0.2, -0.15) is 0 Å². The average Bonchev–Trinajstić information content (AvgIpc) is 2.09. The fourth-order valence-corrected chi connectivity index (χ4v) is 1.95. The van der Waals surface area contributed by atoms with Crippen LogP contribution in [-0.2, 0) is 4.79 Å². The highest BCUT2D eigenvalue weighted by Crippen LogP contribution is 2.21. The third kappa shape index (κ3) is 1.99. The molecule has 70 valence electrons. The number of piperidine rings is 1. The Balaban J connectivity index is 2.47. The zero-order valence-electron chi connectivity index (χ0n) is 8.18. The molecule has 0 aromatic rings. The highest BCUT2D eigenvalue weighted by atomic mass is 16.2. The van der Waals surface area contributed by atoms with Gasteiger partial charge in [0.05, 0.1) is 0 Å². The van der Waals surface area contributed by atoms with Crippen molar-refractivity contribution in [2.75, 3.05) is 13.1 Å². The molecule has 2 nitrogen and oxygen atoms in total. The van der Waals surface area contributed by atoms with Crippen LogP contribution >= 0.6 is 0 Å². The van der Waals surface area contributed by atoms with E-state index in [4.69, 9.17) is 0 Å². The van der Waals surface area contributed by atoms with Gasteiger partial charge in [-0.05, 0) is 26.2 Å². The van der Waals surface area contributed by atoms with Crippen LogP contribution in [0, 0.1) is 5.92 Å². The van der Waals surface area contributed by atoms with Gasteiger partial charge >= 0.3 is 0 Å². The predicted octanol–water partition coefficient (Wildman–Crippen LogP) is 2.04. The van der Waals surface area contributed by atoms with Crippen LogP contribution in [0.4, 0.5) is 0 Å². The maximum atomic E-state index is 11.7. The van der Waals surface area contributed by atoms with Gasteiger partial charge in [0.1, 0.15) is 0 Å². The van der Waals surface area contributed by atoms with Crippen LogP contribution < -0.4 is 0 Å². The summed E-state index contributed by atoms with van der Waals surface area (Å²) in [7, 11) is 0. The van der Waals surface area contributed by atoms with Gasteiger partial charge in [-0.1, -0.05) is 13.3 Å². The number of carbonyl (C=O) groups is 1. The molecule has 1 atom stereocenters. The zero-order chi connectivity index (χ0) is 8.97. The van der Waals surface area contributed by atoms with Crippen molar-refractivity contribution >= 4 is 5.91 Å². The van der Waals surface area contributed by atoms with Gasteiger partial charge in [-0.3, -0.25) is 4.79 Å². The van der Waals surface area contributed by atoms with Crippen molar-refractivity contribution in [1.82, 2.24) is 4.90 Å². The first-order valence-corrected chi connectivity index (χ1v) is 5.08. The molecule has 0 aromatic heterocycles. The van der Waals surface area contributed by atoms with Crippen molar-refractivity contribution < 1.29 is 4.79 Å². The predicted molar refractivity (Wildman–Crippen MR) is 49.9 cm³/mol. The standard InChI is InChI=1S/C10H19NO/c1-3-6-9-7-5-8-11(4-2)10(9)12/h9H,3-8H2,1-2H3. The van der Waals surface area contributed by atoms with E-state index in [-0.39, 0.29) is 0 Å². The first-order valence-electron chi connectivity index (χ1n) is 5.08. The monoisotopic (exact) mass is 169 g/mol. The number of rotatable bonds is 3. The smallest absolute Gasteiger partial charge is 0.225 e. The summed E-state index contributed by atoms with van der Waals surface area (Å²) in [4.78, 5) is 13.7. The molecule has 1 unspecified atom stereocenters. The Labute approximate surface area is 74.9 Å². The minimum Gasteiger partial charge on any atom is -0.343 e. The molecule has 0 saturated carbocycles. The molecule has 12 heavy (non-hydrogen) atoms. The molecule has 0 N–H and O–H groups in total. The van der Waals surface area contributed by atoms with Crippen LogP contribution in [0.15, 0.2) is 0 Å². The minimum atomic E-state index is 0.337. The highest BCUT2D eigenvalue weighted by Gasteiger charge is 2.26. The molecule has 0 aromatic carbocycles. The molecule has 1 aliphatic heterocycles. The van der Waals surface area contributed by atoms with Crippen LogP contribution in [-0.4, -0.2) is 23.9 Å². The first-order chi connectivity index (χ1) is 5.79. The highest BCUT2D eigenvalue weighted by molar-refractivity contribution is 5.79. The fraction of sp³-hybridized carbons (Fsp3) is 0.900. The summed E-state index contributed by atoms with van der Waals surface area (Å²) in [6.07, 6.45) is 4.52. The second-order valence-electron chi connectivity index (χ2n) is 3.55. The number of carbonyl (C=O) groups excluding carboxylic acids is 1. The largest absolute Gasteiger partial charge is 0.343 e. The third-order valence-corrected chi connectivity index (χ3v) is 2.66. The van der Waals surface area contributed by atoms with E-state index in [9.17, 15) is 4.79 Å². The van der Waals surface area contributed by atoms with Crippen molar-refractivity contribution in [3.63, 3.8) is 0 Å². The van der Waals surface area contributed by atoms with E-state index in [1.165, 1.54) is 6.42 Å². The van der Waals surface area contributed by atoms with Gasteiger partial charge in [0, 0.05) is 19.0 Å². The van der Waals surface area contributed by atoms with E-state index in [0.29, 0.717) is 11.8 Å². The number of hydrogen-bond acceptors (Lipinski definition) is 1. The summed E-state index contributed by atoms with van der Waals surface area (Å²) in [6, 6.07) is 0. The van der Waals surface area contributed by atoms with Crippen LogP contribution in [0.25, 0.3) is 0 Å². The maximum Gasteiger partial charge on any atom is 0.225 e. The SMILES string of the molecule is CCCC1CCCN(CC)C1=O. The number of nitrogens with zero attached hydrogens (tertiary/aromatic N) is 1. The lowest BCUT2D eigenvalue weighted by molar-refractivity contribution is -0.138. The number of amides is 1. The Hall–Kier alpha value is -0.530. The lowest BCUT2D eigenvalue weighted by atomic mass is 9.93. The molecule has 0 aliphatic carbocycles. The van der Waals surface area contributed by atoms with Gasteiger partial charge in [0.15, 0.2) is 0 Å². The van der Waals surface area contributed by atoms with Gasteiger partial charge < -0.3 is 4.90 Å². The molecular weight excluding hydrogens is 150 g/mol. The van der Waals surface area contributed by atoms with Crippen LogP contribution in [0.2, 0.25) is 0 Å². The summed E-state index contributed by atoms with van der Waals surface area (Å²) >= 11 is 0. The average molecular weight is 169 g/mol. The fourth-order valence-electron chi connectivity index (χ4n) is 1.95. The molecule has 1 amide bonds. The summed E-state index contributed by atoms with van der Waals surface area (Å²) in [5.41, 5.74) is 0. The Morgan fingerprint density at radius 2 is 2.25 bits per heavy atom. The summed E-state index contributed by atoms with van der Waals surface area (Å²) in [6.45, 7) is 6.08. The molecule has 1 rings (SSSR count). The third-order valence-electron chi connectivity index (χ3n) is 2.66. The molecule has 0 radical (unpaired) electrons. The van der Waals surface area contributed by atoms with Crippen LogP contribution in [0.5, 0.6) is 0 Å².